The molecule has 12 heavy (non-hydrogen) atoms. The molecule has 0 heterocycles. The highest BCUT2D eigenvalue weighted by Gasteiger charge is 2.34. The molecule has 72 valence electrons. The van der Waals surface area contributed by atoms with E-state index in [1.54, 1.807) is 0 Å². The number of hydrogen-bond donors (Lipinski definition) is 1. The molecule has 0 bridgehead atoms. The summed E-state index contributed by atoms with van der Waals surface area (Å²) in [5, 5.41) is 0. The summed E-state index contributed by atoms with van der Waals surface area (Å²) >= 11 is 0. The highest BCUT2D eigenvalue weighted by molar-refractivity contribution is 4.74. The van der Waals surface area contributed by atoms with E-state index in [2.05, 4.69) is 4.74 Å². The summed E-state index contributed by atoms with van der Waals surface area (Å²) in [4.78, 5) is 0. The van der Waals surface area contributed by atoms with Gasteiger partial charge in [-0.15, -0.1) is 13.2 Å². The van der Waals surface area contributed by atoms with Crippen LogP contribution in [0.4, 0.5) is 13.2 Å². The lowest BCUT2D eigenvalue weighted by molar-refractivity contribution is -0.345. The van der Waals surface area contributed by atoms with Gasteiger partial charge in [-0.1, -0.05) is 0 Å². The number of ether oxygens (including phenoxy) is 1. The van der Waals surface area contributed by atoms with Crippen LogP contribution in [0.2, 0.25) is 0 Å². The molecule has 0 radical (unpaired) electrons. The van der Waals surface area contributed by atoms with Crippen molar-refractivity contribution in [1.82, 2.24) is 0 Å². The third-order valence-corrected chi connectivity index (χ3v) is 2.02. The smallest absolute Gasteiger partial charge is 0.328 e. The summed E-state index contributed by atoms with van der Waals surface area (Å²) in [5.74, 6) is 0. The Morgan fingerprint density at radius 1 is 1.08 bits per heavy atom. The van der Waals surface area contributed by atoms with Gasteiger partial charge >= 0.3 is 6.36 Å². The molecule has 0 aliphatic heterocycles. The molecule has 1 fully saturated rings. The Morgan fingerprint density at radius 3 is 2.00 bits per heavy atom. The zero-order valence-corrected chi connectivity index (χ0v) is 6.60. The fourth-order valence-electron chi connectivity index (χ4n) is 1.40. The van der Waals surface area contributed by atoms with Crippen LogP contribution < -0.4 is 5.73 Å². The number of rotatable bonds is 1. The van der Waals surface area contributed by atoms with Gasteiger partial charge in [0.25, 0.3) is 0 Å². The quantitative estimate of drug-likeness (QED) is 0.672. The van der Waals surface area contributed by atoms with Crippen molar-refractivity contribution in [1.29, 1.82) is 0 Å². The minimum Gasteiger partial charge on any atom is -0.328 e. The molecule has 0 saturated heterocycles. The van der Waals surface area contributed by atoms with Gasteiger partial charge in [0.2, 0.25) is 0 Å². The maximum atomic E-state index is 11.7. The van der Waals surface area contributed by atoms with Crippen LogP contribution in [0.5, 0.6) is 0 Å². The van der Waals surface area contributed by atoms with Gasteiger partial charge in [0, 0.05) is 6.04 Å². The lowest BCUT2D eigenvalue weighted by atomic mass is 9.94. The molecule has 1 rings (SSSR count). The van der Waals surface area contributed by atoms with E-state index < -0.39 is 12.5 Å². The first kappa shape index (κ1) is 9.80. The summed E-state index contributed by atoms with van der Waals surface area (Å²) in [5.41, 5.74) is 5.52. The van der Waals surface area contributed by atoms with Crippen molar-refractivity contribution in [3.8, 4) is 0 Å². The van der Waals surface area contributed by atoms with Gasteiger partial charge in [-0.25, -0.2) is 0 Å². The van der Waals surface area contributed by atoms with Crippen LogP contribution in [0.25, 0.3) is 0 Å². The predicted molar refractivity (Wildman–Crippen MR) is 37.4 cm³/mol. The Morgan fingerprint density at radius 2 is 1.58 bits per heavy atom. The van der Waals surface area contributed by atoms with Gasteiger partial charge in [0.1, 0.15) is 0 Å². The van der Waals surface area contributed by atoms with E-state index in [1.807, 2.05) is 0 Å². The number of halogens is 3. The van der Waals surface area contributed by atoms with Crippen LogP contribution in [-0.4, -0.2) is 18.5 Å². The topological polar surface area (TPSA) is 35.2 Å². The average Bonchev–Trinajstić information content (AvgIpc) is 1.91. The first-order chi connectivity index (χ1) is 5.47. The number of hydrogen-bond acceptors (Lipinski definition) is 2. The lowest BCUT2D eigenvalue weighted by Gasteiger charge is -2.26. The second kappa shape index (κ2) is 3.62. The Hall–Kier alpha value is -0.290. The zero-order chi connectivity index (χ0) is 9.19. The largest absolute Gasteiger partial charge is 0.522 e. The van der Waals surface area contributed by atoms with E-state index in [1.165, 1.54) is 0 Å². The van der Waals surface area contributed by atoms with Crippen LogP contribution in [0.3, 0.4) is 0 Å². The highest BCUT2D eigenvalue weighted by Crippen LogP contribution is 2.27. The molecule has 2 nitrogen and oxygen atoms in total. The molecule has 0 aromatic rings. The monoisotopic (exact) mass is 183 g/mol. The van der Waals surface area contributed by atoms with E-state index in [9.17, 15) is 13.2 Å². The lowest BCUT2D eigenvalue weighted by Crippen LogP contribution is -2.33. The molecular formula is C7H12F3NO. The van der Waals surface area contributed by atoms with E-state index in [0.29, 0.717) is 25.7 Å². The van der Waals surface area contributed by atoms with Gasteiger partial charge in [-0.05, 0) is 25.7 Å². The van der Waals surface area contributed by atoms with Gasteiger partial charge in [0.15, 0.2) is 0 Å². The molecule has 0 amide bonds. The summed E-state index contributed by atoms with van der Waals surface area (Å²) in [7, 11) is 0. The molecule has 0 aromatic carbocycles. The molecule has 1 saturated carbocycles. The third kappa shape index (κ3) is 3.40. The predicted octanol–water partition coefficient (Wildman–Crippen LogP) is 1.79. The molecule has 0 aromatic heterocycles. The second-order valence-electron chi connectivity index (χ2n) is 3.10. The van der Waals surface area contributed by atoms with Crippen LogP contribution in [0.1, 0.15) is 25.7 Å². The molecule has 2 N–H and O–H groups in total. The summed E-state index contributed by atoms with van der Waals surface area (Å²) in [6.45, 7) is 0. The SMILES string of the molecule is N[C@H]1CC[C@H](OC(F)(F)F)CC1. The first-order valence-corrected chi connectivity index (χ1v) is 3.97. The van der Waals surface area contributed by atoms with Gasteiger partial charge < -0.3 is 5.73 Å². The first-order valence-electron chi connectivity index (χ1n) is 3.97. The summed E-state index contributed by atoms with van der Waals surface area (Å²) < 4.78 is 38.9. The standard InChI is InChI=1S/C7H12F3NO/c8-7(9,10)12-6-3-1-5(11)2-4-6/h5-6H,1-4,11H2/t5-,6-. The van der Waals surface area contributed by atoms with Crippen molar-refractivity contribution in [3.63, 3.8) is 0 Å². The second-order valence-corrected chi connectivity index (χ2v) is 3.10. The maximum Gasteiger partial charge on any atom is 0.522 e. The van der Waals surface area contributed by atoms with Crippen LogP contribution in [0, 0.1) is 0 Å². The molecule has 0 atom stereocenters. The Bertz CT molecular complexity index is 140. The number of nitrogens with two attached hydrogens (primary N) is 1. The Kier molecular flexibility index (Phi) is 2.95. The maximum absolute atomic E-state index is 11.7. The van der Waals surface area contributed by atoms with E-state index in [-0.39, 0.29) is 6.04 Å². The van der Waals surface area contributed by atoms with Crippen molar-refractivity contribution in [2.75, 3.05) is 0 Å². The zero-order valence-electron chi connectivity index (χ0n) is 6.60. The number of alkyl halides is 3. The Balaban J connectivity index is 2.26. The molecular weight excluding hydrogens is 171 g/mol. The summed E-state index contributed by atoms with van der Waals surface area (Å²) in [6.07, 6.45) is -3.08. The van der Waals surface area contributed by atoms with E-state index in [4.69, 9.17) is 5.73 Å². The normalized spacial score (nSPS) is 32.0. The molecule has 0 spiro atoms. The molecule has 1 aliphatic rings. The summed E-state index contributed by atoms with van der Waals surface area (Å²) in [6, 6.07) is 0.0538. The van der Waals surface area contributed by atoms with Gasteiger partial charge in [-0.2, -0.15) is 0 Å². The fraction of sp³-hybridized carbons (Fsp3) is 1.00. The van der Waals surface area contributed by atoms with Gasteiger partial charge in [0.05, 0.1) is 6.10 Å². The van der Waals surface area contributed by atoms with E-state index in [0.717, 1.165) is 0 Å². The Labute approximate surface area is 68.9 Å². The van der Waals surface area contributed by atoms with Crippen molar-refractivity contribution in [3.05, 3.63) is 0 Å². The van der Waals surface area contributed by atoms with Crippen molar-refractivity contribution in [2.24, 2.45) is 5.73 Å². The van der Waals surface area contributed by atoms with Crippen LogP contribution in [-0.2, 0) is 4.74 Å². The minimum absolute atomic E-state index is 0.0538. The van der Waals surface area contributed by atoms with Gasteiger partial charge in [-0.3, -0.25) is 4.74 Å². The van der Waals surface area contributed by atoms with Crippen molar-refractivity contribution < 1.29 is 17.9 Å². The van der Waals surface area contributed by atoms with E-state index >= 15 is 0 Å². The van der Waals surface area contributed by atoms with Crippen molar-refractivity contribution >= 4 is 0 Å². The molecule has 5 heteroatoms. The third-order valence-electron chi connectivity index (χ3n) is 2.02. The fourth-order valence-corrected chi connectivity index (χ4v) is 1.40. The average molecular weight is 183 g/mol. The highest BCUT2D eigenvalue weighted by atomic mass is 19.4. The molecule has 0 unspecified atom stereocenters. The van der Waals surface area contributed by atoms with Crippen LogP contribution in [0.15, 0.2) is 0 Å². The van der Waals surface area contributed by atoms with Crippen LogP contribution >= 0.6 is 0 Å². The molecule has 1 aliphatic carbocycles. The van der Waals surface area contributed by atoms with Crippen molar-refractivity contribution in [2.45, 2.75) is 44.2 Å². The minimum atomic E-state index is -4.49.